The predicted octanol–water partition coefficient (Wildman–Crippen LogP) is 2.78. The van der Waals surface area contributed by atoms with E-state index in [9.17, 15) is 5.11 Å². The molecule has 0 aromatic rings. The van der Waals surface area contributed by atoms with Crippen molar-refractivity contribution in [3.8, 4) is 0 Å². The molecule has 2 aliphatic rings. The van der Waals surface area contributed by atoms with Gasteiger partial charge in [-0.1, -0.05) is 26.7 Å². The van der Waals surface area contributed by atoms with Crippen molar-refractivity contribution >= 4 is 0 Å². The van der Waals surface area contributed by atoms with Crippen molar-refractivity contribution < 1.29 is 5.11 Å². The molecule has 3 heteroatoms. The number of rotatable bonds is 6. The molecule has 2 fully saturated rings. The van der Waals surface area contributed by atoms with Gasteiger partial charge in [0, 0.05) is 18.6 Å². The van der Waals surface area contributed by atoms with Crippen molar-refractivity contribution in [3.05, 3.63) is 0 Å². The van der Waals surface area contributed by atoms with E-state index >= 15 is 0 Å². The minimum atomic E-state index is -0.198. The molecule has 1 heterocycles. The number of likely N-dealkylation sites (tertiary alicyclic amines) is 1. The van der Waals surface area contributed by atoms with E-state index in [2.05, 4.69) is 24.1 Å². The van der Waals surface area contributed by atoms with Gasteiger partial charge in [-0.15, -0.1) is 0 Å². The Hall–Kier alpha value is -0.120. The summed E-state index contributed by atoms with van der Waals surface area (Å²) in [5.41, 5.74) is 0.191. The number of piperidine rings is 1. The topological polar surface area (TPSA) is 35.5 Å². The maximum Gasteiger partial charge on any atom is 0.0517 e. The first-order valence-electron chi connectivity index (χ1n) is 8.62. The van der Waals surface area contributed by atoms with Crippen LogP contribution in [0.5, 0.6) is 0 Å². The van der Waals surface area contributed by atoms with Gasteiger partial charge in [0.25, 0.3) is 0 Å². The second kappa shape index (κ2) is 7.24. The Morgan fingerprint density at radius 1 is 1.15 bits per heavy atom. The van der Waals surface area contributed by atoms with E-state index in [1.165, 1.54) is 51.6 Å². The van der Waals surface area contributed by atoms with Gasteiger partial charge in [0.2, 0.25) is 0 Å². The standard InChI is InChI=1S/C17H34N2O/c1-14(20)12-17(2,3)13-18-15-8-10-19(11-9-15)16-6-4-5-7-16/h14-16,18,20H,4-13H2,1-3H3. The Balaban J connectivity index is 1.66. The van der Waals surface area contributed by atoms with E-state index in [-0.39, 0.29) is 11.5 Å². The summed E-state index contributed by atoms with van der Waals surface area (Å²) in [6, 6.07) is 1.57. The minimum absolute atomic E-state index is 0.191. The van der Waals surface area contributed by atoms with Gasteiger partial charge in [-0.3, -0.25) is 0 Å². The molecular formula is C17H34N2O. The van der Waals surface area contributed by atoms with Crippen molar-refractivity contribution in [2.75, 3.05) is 19.6 Å². The third kappa shape index (κ3) is 5.01. The molecule has 1 atom stereocenters. The lowest BCUT2D eigenvalue weighted by Crippen LogP contribution is -2.47. The van der Waals surface area contributed by atoms with Crippen LogP contribution < -0.4 is 5.32 Å². The van der Waals surface area contributed by atoms with Crippen LogP contribution in [0.15, 0.2) is 0 Å². The lowest BCUT2D eigenvalue weighted by atomic mass is 9.86. The average Bonchev–Trinajstić information content (AvgIpc) is 2.89. The molecule has 0 amide bonds. The summed E-state index contributed by atoms with van der Waals surface area (Å²) in [5.74, 6) is 0. The Kier molecular flexibility index (Phi) is 5.88. The maximum atomic E-state index is 9.55. The number of nitrogens with one attached hydrogen (secondary N) is 1. The van der Waals surface area contributed by atoms with Gasteiger partial charge in [-0.2, -0.15) is 0 Å². The molecule has 3 nitrogen and oxygen atoms in total. The smallest absolute Gasteiger partial charge is 0.0517 e. The highest BCUT2D eigenvalue weighted by Gasteiger charge is 2.28. The van der Waals surface area contributed by atoms with Gasteiger partial charge in [-0.05, 0) is 57.5 Å². The first-order valence-corrected chi connectivity index (χ1v) is 8.62. The van der Waals surface area contributed by atoms with Crippen molar-refractivity contribution in [1.29, 1.82) is 0 Å². The first kappa shape index (κ1) is 16.3. The molecular weight excluding hydrogens is 248 g/mol. The molecule has 1 saturated heterocycles. The van der Waals surface area contributed by atoms with Gasteiger partial charge in [-0.25, -0.2) is 0 Å². The normalized spacial score (nSPS) is 25.2. The van der Waals surface area contributed by atoms with Crippen LogP contribution in [0.1, 0.15) is 65.7 Å². The van der Waals surface area contributed by atoms with Gasteiger partial charge in [0.05, 0.1) is 6.10 Å². The Morgan fingerprint density at radius 2 is 1.75 bits per heavy atom. The average molecular weight is 282 g/mol. The zero-order chi connectivity index (χ0) is 14.6. The SMILES string of the molecule is CC(O)CC(C)(C)CNC1CCN(C2CCCC2)CC1. The molecule has 20 heavy (non-hydrogen) atoms. The van der Waals surface area contributed by atoms with Crippen molar-refractivity contribution in [1.82, 2.24) is 10.2 Å². The van der Waals surface area contributed by atoms with E-state index in [0.29, 0.717) is 6.04 Å². The second-order valence-electron chi connectivity index (χ2n) is 7.85. The number of nitrogens with zero attached hydrogens (tertiary/aromatic N) is 1. The fourth-order valence-electron chi connectivity index (χ4n) is 4.03. The molecule has 1 saturated carbocycles. The van der Waals surface area contributed by atoms with Crippen LogP contribution in [0.4, 0.5) is 0 Å². The molecule has 0 aromatic carbocycles. The molecule has 2 rings (SSSR count). The fraction of sp³-hybridized carbons (Fsp3) is 1.00. The third-order valence-electron chi connectivity index (χ3n) is 5.09. The van der Waals surface area contributed by atoms with Crippen molar-refractivity contribution in [2.45, 2.75) is 83.9 Å². The Labute approximate surface area is 125 Å². The highest BCUT2D eigenvalue weighted by molar-refractivity contribution is 4.85. The fourth-order valence-corrected chi connectivity index (χ4v) is 4.03. The van der Waals surface area contributed by atoms with E-state index in [1.54, 1.807) is 0 Å². The number of hydrogen-bond donors (Lipinski definition) is 2. The van der Waals surface area contributed by atoms with Crippen LogP contribution in [0.3, 0.4) is 0 Å². The second-order valence-corrected chi connectivity index (χ2v) is 7.85. The first-order chi connectivity index (χ1) is 9.46. The molecule has 1 aliphatic heterocycles. The summed E-state index contributed by atoms with van der Waals surface area (Å²) in [7, 11) is 0. The largest absolute Gasteiger partial charge is 0.393 e. The minimum Gasteiger partial charge on any atom is -0.393 e. The molecule has 118 valence electrons. The molecule has 0 spiro atoms. The number of aliphatic hydroxyl groups excluding tert-OH is 1. The van der Waals surface area contributed by atoms with Gasteiger partial charge < -0.3 is 15.3 Å². The van der Waals surface area contributed by atoms with E-state index in [1.807, 2.05) is 6.92 Å². The predicted molar refractivity (Wildman–Crippen MR) is 84.9 cm³/mol. The van der Waals surface area contributed by atoms with Crippen LogP contribution in [0.2, 0.25) is 0 Å². The van der Waals surface area contributed by atoms with Crippen LogP contribution in [-0.2, 0) is 0 Å². The monoisotopic (exact) mass is 282 g/mol. The van der Waals surface area contributed by atoms with Crippen molar-refractivity contribution in [3.63, 3.8) is 0 Å². The van der Waals surface area contributed by atoms with Gasteiger partial charge in [0.1, 0.15) is 0 Å². The highest BCUT2D eigenvalue weighted by atomic mass is 16.3. The summed E-state index contributed by atoms with van der Waals surface area (Å²) in [6.45, 7) is 9.97. The van der Waals surface area contributed by atoms with Crippen LogP contribution in [-0.4, -0.2) is 47.8 Å². The zero-order valence-electron chi connectivity index (χ0n) is 13.7. The third-order valence-corrected chi connectivity index (χ3v) is 5.09. The molecule has 0 radical (unpaired) electrons. The molecule has 2 N–H and O–H groups in total. The number of hydrogen-bond acceptors (Lipinski definition) is 3. The van der Waals surface area contributed by atoms with Crippen LogP contribution in [0, 0.1) is 5.41 Å². The Bertz CT molecular complexity index is 277. The van der Waals surface area contributed by atoms with Crippen LogP contribution in [0.25, 0.3) is 0 Å². The van der Waals surface area contributed by atoms with E-state index in [0.717, 1.165) is 19.0 Å². The Morgan fingerprint density at radius 3 is 2.30 bits per heavy atom. The quantitative estimate of drug-likeness (QED) is 0.786. The summed E-state index contributed by atoms with van der Waals surface area (Å²) in [4.78, 5) is 2.73. The molecule has 0 aromatic heterocycles. The summed E-state index contributed by atoms with van der Waals surface area (Å²) in [5, 5.41) is 13.3. The molecule has 1 unspecified atom stereocenters. The van der Waals surface area contributed by atoms with Crippen LogP contribution >= 0.6 is 0 Å². The van der Waals surface area contributed by atoms with Gasteiger partial charge >= 0.3 is 0 Å². The van der Waals surface area contributed by atoms with Gasteiger partial charge in [0.15, 0.2) is 0 Å². The van der Waals surface area contributed by atoms with E-state index < -0.39 is 0 Å². The zero-order valence-corrected chi connectivity index (χ0v) is 13.7. The summed E-state index contributed by atoms with van der Waals surface area (Å²) < 4.78 is 0. The lowest BCUT2D eigenvalue weighted by molar-refractivity contribution is 0.115. The van der Waals surface area contributed by atoms with E-state index in [4.69, 9.17) is 0 Å². The lowest BCUT2D eigenvalue weighted by Gasteiger charge is -2.37. The molecule has 1 aliphatic carbocycles. The molecule has 0 bridgehead atoms. The van der Waals surface area contributed by atoms with Crippen molar-refractivity contribution in [2.24, 2.45) is 5.41 Å². The maximum absolute atomic E-state index is 9.55. The number of aliphatic hydroxyl groups is 1. The summed E-state index contributed by atoms with van der Waals surface area (Å²) in [6.07, 6.45) is 9.01. The highest BCUT2D eigenvalue weighted by Crippen LogP contribution is 2.27. The summed E-state index contributed by atoms with van der Waals surface area (Å²) >= 11 is 0.